The van der Waals surface area contributed by atoms with E-state index >= 15 is 0 Å². The van der Waals surface area contributed by atoms with Gasteiger partial charge in [-0.1, -0.05) is 25.8 Å². The molecule has 0 saturated carbocycles. The van der Waals surface area contributed by atoms with Crippen molar-refractivity contribution in [1.82, 2.24) is 9.88 Å². The van der Waals surface area contributed by atoms with Crippen LogP contribution in [0.3, 0.4) is 0 Å². The predicted octanol–water partition coefficient (Wildman–Crippen LogP) is 3.78. The molecule has 0 aliphatic heterocycles. The maximum absolute atomic E-state index is 12.5. The zero-order chi connectivity index (χ0) is 16.7. The highest BCUT2D eigenvalue weighted by molar-refractivity contribution is 7.14. The largest absolute Gasteiger partial charge is 0.329 e. The van der Waals surface area contributed by atoms with E-state index in [2.05, 4.69) is 17.2 Å². The highest BCUT2D eigenvalue weighted by Gasteiger charge is 2.19. The van der Waals surface area contributed by atoms with Gasteiger partial charge in [0.1, 0.15) is 6.54 Å². The molecule has 0 bridgehead atoms. The lowest BCUT2D eigenvalue weighted by Crippen LogP contribution is -2.38. The number of carbonyl (C=O) groups is 2. The summed E-state index contributed by atoms with van der Waals surface area (Å²) in [6.07, 6.45) is 3.02. The minimum Gasteiger partial charge on any atom is -0.329 e. The Morgan fingerprint density at radius 1 is 1.30 bits per heavy atom. The van der Waals surface area contributed by atoms with Crippen LogP contribution in [0, 0.1) is 6.92 Å². The summed E-state index contributed by atoms with van der Waals surface area (Å²) in [5.74, 6) is -0.290. The van der Waals surface area contributed by atoms with Crippen molar-refractivity contribution in [2.24, 2.45) is 0 Å². The molecule has 0 unspecified atom stereocenters. The van der Waals surface area contributed by atoms with Gasteiger partial charge in [0.2, 0.25) is 5.91 Å². The van der Waals surface area contributed by atoms with E-state index in [-0.39, 0.29) is 18.4 Å². The molecular weight excluding hydrogens is 330 g/mol. The number of nitrogens with zero attached hydrogens (tertiary/aromatic N) is 2. The summed E-state index contributed by atoms with van der Waals surface area (Å²) in [7, 11) is 0. The third kappa shape index (κ3) is 5.44. The number of aryl methyl sites for hydroxylation is 1. The first-order valence-corrected chi connectivity index (χ1v) is 9.41. The van der Waals surface area contributed by atoms with Crippen LogP contribution in [0.1, 0.15) is 41.6 Å². The lowest BCUT2D eigenvalue weighted by atomic mass is 10.2. The van der Waals surface area contributed by atoms with Crippen molar-refractivity contribution in [1.29, 1.82) is 0 Å². The van der Waals surface area contributed by atoms with Crippen LogP contribution < -0.4 is 5.32 Å². The second-order valence-electron chi connectivity index (χ2n) is 5.25. The van der Waals surface area contributed by atoms with E-state index in [1.807, 2.05) is 23.8 Å². The third-order valence-corrected chi connectivity index (χ3v) is 4.98. The highest BCUT2D eigenvalue weighted by Crippen LogP contribution is 2.16. The number of aromatic nitrogens is 1. The topological polar surface area (TPSA) is 62.3 Å². The van der Waals surface area contributed by atoms with Crippen molar-refractivity contribution >= 4 is 39.6 Å². The smallest absolute Gasteiger partial charge is 0.264 e. The number of thiophene rings is 1. The molecule has 5 nitrogen and oxygen atoms in total. The van der Waals surface area contributed by atoms with Gasteiger partial charge in [-0.15, -0.1) is 22.7 Å². The molecule has 0 atom stereocenters. The van der Waals surface area contributed by atoms with Gasteiger partial charge in [-0.25, -0.2) is 4.98 Å². The summed E-state index contributed by atoms with van der Waals surface area (Å²) in [5, 5.41) is 7.09. The second kappa shape index (κ2) is 8.79. The lowest BCUT2D eigenvalue weighted by Gasteiger charge is -2.21. The summed E-state index contributed by atoms with van der Waals surface area (Å²) in [6, 6.07) is 3.64. The number of hydrogen-bond donors (Lipinski definition) is 1. The van der Waals surface area contributed by atoms with Gasteiger partial charge in [0.15, 0.2) is 5.13 Å². The van der Waals surface area contributed by atoms with Crippen molar-refractivity contribution in [2.75, 3.05) is 18.4 Å². The first kappa shape index (κ1) is 17.6. The van der Waals surface area contributed by atoms with Crippen LogP contribution in [-0.4, -0.2) is 34.8 Å². The van der Waals surface area contributed by atoms with Crippen molar-refractivity contribution in [2.45, 2.75) is 33.1 Å². The van der Waals surface area contributed by atoms with Gasteiger partial charge in [-0.2, -0.15) is 0 Å². The van der Waals surface area contributed by atoms with E-state index in [1.165, 1.54) is 22.7 Å². The van der Waals surface area contributed by atoms with Crippen LogP contribution in [0.15, 0.2) is 22.9 Å². The van der Waals surface area contributed by atoms with Gasteiger partial charge in [0.05, 0.1) is 10.6 Å². The van der Waals surface area contributed by atoms with Crippen molar-refractivity contribution in [3.05, 3.63) is 33.5 Å². The van der Waals surface area contributed by atoms with E-state index in [0.29, 0.717) is 16.6 Å². The van der Waals surface area contributed by atoms with E-state index in [0.717, 1.165) is 25.0 Å². The molecule has 23 heavy (non-hydrogen) atoms. The SMILES string of the molecule is CCCCCN(CC(=O)Nc1nc(C)cs1)C(=O)c1cccs1. The Kier molecular flexibility index (Phi) is 6.73. The predicted molar refractivity (Wildman–Crippen MR) is 95.2 cm³/mol. The van der Waals surface area contributed by atoms with Crippen LogP contribution in [-0.2, 0) is 4.79 Å². The number of unbranched alkanes of at least 4 members (excludes halogenated alkanes) is 2. The van der Waals surface area contributed by atoms with Gasteiger partial charge in [0.25, 0.3) is 5.91 Å². The number of rotatable bonds is 8. The molecule has 0 aliphatic rings. The lowest BCUT2D eigenvalue weighted by molar-refractivity contribution is -0.116. The summed E-state index contributed by atoms with van der Waals surface area (Å²) in [6.45, 7) is 4.64. The number of anilines is 1. The zero-order valence-corrected chi connectivity index (χ0v) is 15.0. The van der Waals surface area contributed by atoms with Crippen LogP contribution in [0.25, 0.3) is 0 Å². The number of amides is 2. The molecule has 0 radical (unpaired) electrons. The van der Waals surface area contributed by atoms with Gasteiger partial charge < -0.3 is 10.2 Å². The first-order chi connectivity index (χ1) is 11.1. The molecule has 124 valence electrons. The minimum atomic E-state index is -0.208. The molecule has 2 heterocycles. The molecule has 0 fully saturated rings. The van der Waals surface area contributed by atoms with Crippen molar-refractivity contribution < 1.29 is 9.59 Å². The van der Waals surface area contributed by atoms with Crippen LogP contribution in [0.4, 0.5) is 5.13 Å². The van der Waals surface area contributed by atoms with Gasteiger partial charge in [-0.3, -0.25) is 9.59 Å². The highest BCUT2D eigenvalue weighted by atomic mass is 32.1. The molecule has 7 heteroatoms. The van der Waals surface area contributed by atoms with E-state index < -0.39 is 0 Å². The second-order valence-corrected chi connectivity index (χ2v) is 7.06. The average molecular weight is 351 g/mol. The molecule has 2 amide bonds. The number of nitrogens with one attached hydrogen (secondary N) is 1. The van der Waals surface area contributed by atoms with Gasteiger partial charge >= 0.3 is 0 Å². The van der Waals surface area contributed by atoms with Crippen LogP contribution in [0.5, 0.6) is 0 Å². The molecule has 0 saturated heterocycles. The molecule has 2 aromatic heterocycles. The van der Waals surface area contributed by atoms with Crippen molar-refractivity contribution in [3.8, 4) is 0 Å². The summed E-state index contributed by atoms with van der Waals surface area (Å²) >= 11 is 2.79. The van der Waals surface area contributed by atoms with E-state index in [1.54, 1.807) is 11.0 Å². The van der Waals surface area contributed by atoms with E-state index in [4.69, 9.17) is 0 Å². The van der Waals surface area contributed by atoms with Gasteiger partial charge in [0, 0.05) is 11.9 Å². The fraction of sp³-hybridized carbons (Fsp3) is 0.438. The fourth-order valence-electron chi connectivity index (χ4n) is 2.10. The zero-order valence-electron chi connectivity index (χ0n) is 13.4. The maximum atomic E-state index is 12.5. The Balaban J connectivity index is 1.98. The monoisotopic (exact) mass is 351 g/mol. The molecule has 0 aromatic carbocycles. The Labute approximate surface area is 144 Å². The molecular formula is C16H21N3O2S2. The molecule has 2 aromatic rings. The Bertz CT molecular complexity index is 638. The summed E-state index contributed by atoms with van der Waals surface area (Å²) < 4.78 is 0. The Hall–Kier alpha value is -1.73. The number of carbonyl (C=O) groups excluding carboxylic acids is 2. The summed E-state index contributed by atoms with van der Waals surface area (Å²) in [5.41, 5.74) is 0.875. The third-order valence-electron chi connectivity index (χ3n) is 3.25. The van der Waals surface area contributed by atoms with Crippen LogP contribution >= 0.6 is 22.7 Å². The fourth-order valence-corrected chi connectivity index (χ4v) is 3.50. The number of thiazole rings is 1. The Morgan fingerprint density at radius 2 is 2.13 bits per heavy atom. The average Bonchev–Trinajstić information content (AvgIpc) is 3.17. The molecule has 1 N–H and O–H groups in total. The minimum absolute atomic E-state index is 0.0546. The first-order valence-electron chi connectivity index (χ1n) is 7.65. The van der Waals surface area contributed by atoms with Gasteiger partial charge in [-0.05, 0) is 24.8 Å². The maximum Gasteiger partial charge on any atom is 0.264 e. The standard InChI is InChI=1S/C16H21N3O2S2/c1-3-4-5-8-19(15(21)13-7-6-9-22-13)10-14(20)18-16-17-12(2)11-23-16/h6-7,9,11H,3-5,8,10H2,1-2H3,(H,17,18,20). The molecule has 2 rings (SSSR count). The van der Waals surface area contributed by atoms with E-state index in [9.17, 15) is 9.59 Å². The van der Waals surface area contributed by atoms with Crippen molar-refractivity contribution in [3.63, 3.8) is 0 Å². The summed E-state index contributed by atoms with van der Waals surface area (Å²) in [4.78, 5) is 31.2. The quantitative estimate of drug-likeness (QED) is 0.736. The molecule has 0 spiro atoms. The normalized spacial score (nSPS) is 10.5. The molecule has 0 aliphatic carbocycles. The Morgan fingerprint density at radius 3 is 2.74 bits per heavy atom. The number of hydrogen-bond acceptors (Lipinski definition) is 5. The van der Waals surface area contributed by atoms with Crippen LogP contribution in [0.2, 0.25) is 0 Å².